The Kier molecular flexibility index (Phi) is 6.15. The van der Waals surface area contributed by atoms with Crippen LogP contribution >= 0.6 is 0 Å². The first-order chi connectivity index (χ1) is 15.0. The number of rotatable bonds is 5. The van der Waals surface area contributed by atoms with Gasteiger partial charge >= 0.3 is 0 Å². The Morgan fingerprint density at radius 1 is 1.19 bits per heavy atom. The first-order valence-corrected chi connectivity index (χ1v) is 11.0. The number of carbonyl (C=O) groups excluding carboxylic acids is 2. The van der Waals surface area contributed by atoms with Gasteiger partial charge in [-0.3, -0.25) is 14.6 Å². The number of anilines is 1. The summed E-state index contributed by atoms with van der Waals surface area (Å²) in [7, 11) is 3.94. The van der Waals surface area contributed by atoms with Crippen LogP contribution in [-0.2, 0) is 9.59 Å². The zero-order valence-electron chi connectivity index (χ0n) is 18.5. The van der Waals surface area contributed by atoms with Crippen molar-refractivity contribution >= 4 is 17.6 Å². The average Bonchev–Trinajstić information content (AvgIpc) is 3.19. The number of likely N-dealkylation sites (tertiary alicyclic amines) is 2. The molecule has 0 spiro atoms. The van der Waals surface area contributed by atoms with Crippen molar-refractivity contribution < 1.29 is 9.59 Å². The van der Waals surface area contributed by atoms with Crippen molar-refractivity contribution in [2.75, 3.05) is 45.2 Å². The van der Waals surface area contributed by atoms with E-state index < -0.39 is 0 Å². The summed E-state index contributed by atoms with van der Waals surface area (Å²) in [5, 5.41) is 0. The summed E-state index contributed by atoms with van der Waals surface area (Å²) in [5.41, 5.74) is 1.88. The highest BCUT2D eigenvalue weighted by molar-refractivity contribution is 5.89. The highest BCUT2D eigenvalue weighted by Gasteiger charge is 2.37. The second-order valence-electron chi connectivity index (χ2n) is 8.56. The Hall–Kier alpha value is -3.03. The second kappa shape index (κ2) is 8.99. The normalized spacial score (nSPS) is 21.5. The Morgan fingerprint density at radius 2 is 1.97 bits per heavy atom. The van der Waals surface area contributed by atoms with Gasteiger partial charge in [-0.1, -0.05) is 0 Å². The molecule has 2 aromatic heterocycles. The van der Waals surface area contributed by atoms with Crippen molar-refractivity contribution in [3.8, 4) is 11.4 Å². The van der Waals surface area contributed by atoms with Crippen molar-refractivity contribution in [2.24, 2.45) is 5.92 Å². The quantitative estimate of drug-likeness (QED) is 0.735. The van der Waals surface area contributed by atoms with Crippen LogP contribution in [0, 0.1) is 5.92 Å². The van der Waals surface area contributed by atoms with Crippen molar-refractivity contribution in [2.45, 2.75) is 32.1 Å². The molecule has 8 nitrogen and oxygen atoms in total. The van der Waals surface area contributed by atoms with E-state index in [1.54, 1.807) is 17.3 Å². The van der Waals surface area contributed by atoms with E-state index in [4.69, 9.17) is 9.97 Å². The minimum Gasteiger partial charge on any atom is -0.363 e. The minimum absolute atomic E-state index is 0.0860. The van der Waals surface area contributed by atoms with Gasteiger partial charge in [-0.2, -0.15) is 0 Å². The standard InChI is InChI=1S/C23H30N6O2/c1-4-28-15-18(12-21(28)30)23(31)29-11-5-6-17(14-29)19-13-20(27(2)3)26-22(25-19)16-7-9-24-10-8-16/h7-10,13,17-18H,4-6,11-12,14-15H2,1-3H3/t17-,18+/m0/s1. The van der Waals surface area contributed by atoms with E-state index in [9.17, 15) is 9.59 Å². The number of carbonyl (C=O) groups is 2. The lowest BCUT2D eigenvalue weighted by atomic mass is 9.93. The Bertz CT molecular complexity index is 948. The molecule has 0 aliphatic carbocycles. The van der Waals surface area contributed by atoms with Crippen LogP contribution in [-0.4, -0.2) is 76.8 Å². The fraction of sp³-hybridized carbons (Fsp3) is 0.522. The van der Waals surface area contributed by atoms with Gasteiger partial charge in [0.2, 0.25) is 11.8 Å². The van der Waals surface area contributed by atoms with Crippen molar-refractivity contribution in [3.63, 3.8) is 0 Å². The molecule has 31 heavy (non-hydrogen) atoms. The first-order valence-electron chi connectivity index (χ1n) is 11.0. The van der Waals surface area contributed by atoms with E-state index in [0.29, 0.717) is 31.9 Å². The molecule has 4 heterocycles. The van der Waals surface area contributed by atoms with Crippen LogP contribution < -0.4 is 4.90 Å². The Labute approximate surface area is 183 Å². The molecule has 2 fully saturated rings. The SMILES string of the molecule is CCN1C[C@H](C(=O)N2CCC[C@H](c3cc(N(C)C)nc(-c4ccncc4)n3)C2)CC1=O. The molecule has 0 bridgehead atoms. The fourth-order valence-corrected chi connectivity index (χ4v) is 4.44. The Morgan fingerprint density at radius 3 is 2.65 bits per heavy atom. The number of pyridine rings is 1. The molecule has 8 heteroatoms. The third-order valence-electron chi connectivity index (χ3n) is 6.23. The van der Waals surface area contributed by atoms with Gasteiger partial charge in [-0.05, 0) is 31.9 Å². The van der Waals surface area contributed by atoms with Crippen molar-refractivity contribution in [1.82, 2.24) is 24.8 Å². The largest absolute Gasteiger partial charge is 0.363 e. The predicted molar refractivity (Wildman–Crippen MR) is 119 cm³/mol. The lowest BCUT2D eigenvalue weighted by Crippen LogP contribution is -2.43. The summed E-state index contributed by atoms with van der Waals surface area (Å²) in [6.45, 7) is 4.54. The summed E-state index contributed by atoms with van der Waals surface area (Å²) in [6, 6.07) is 5.85. The number of hydrogen-bond donors (Lipinski definition) is 0. The number of amides is 2. The topological polar surface area (TPSA) is 82.5 Å². The number of aromatic nitrogens is 3. The fourth-order valence-electron chi connectivity index (χ4n) is 4.44. The third-order valence-corrected chi connectivity index (χ3v) is 6.23. The van der Waals surface area contributed by atoms with E-state index in [-0.39, 0.29) is 23.7 Å². The summed E-state index contributed by atoms with van der Waals surface area (Å²) in [4.78, 5) is 44.6. The molecule has 0 aromatic carbocycles. The number of hydrogen-bond acceptors (Lipinski definition) is 6. The van der Waals surface area contributed by atoms with E-state index in [1.165, 1.54) is 0 Å². The summed E-state index contributed by atoms with van der Waals surface area (Å²) < 4.78 is 0. The molecular weight excluding hydrogens is 392 g/mol. The molecule has 2 atom stereocenters. The van der Waals surface area contributed by atoms with Crippen molar-refractivity contribution in [3.05, 3.63) is 36.3 Å². The summed E-state index contributed by atoms with van der Waals surface area (Å²) >= 11 is 0. The average molecular weight is 423 g/mol. The van der Waals surface area contributed by atoms with E-state index in [0.717, 1.165) is 36.5 Å². The monoisotopic (exact) mass is 422 g/mol. The van der Waals surface area contributed by atoms with E-state index >= 15 is 0 Å². The van der Waals surface area contributed by atoms with Crippen molar-refractivity contribution in [1.29, 1.82) is 0 Å². The van der Waals surface area contributed by atoms with Crippen LogP contribution in [0.5, 0.6) is 0 Å². The lowest BCUT2D eigenvalue weighted by molar-refractivity contribution is -0.137. The number of nitrogens with zero attached hydrogens (tertiary/aromatic N) is 6. The summed E-state index contributed by atoms with van der Waals surface area (Å²) in [6.07, 6.45) is 5.72. The zero-order valence-corrected chi connectivity index (χ0v) is 18.5. The molecule has 2 amide bonds. The van der Waals surface area contributed by atoms with Gasteiger partial charge in [0.1, 0.15) is 5.82 Å². The maximum absolute atomic E-state index is 13.1. The summed E-state index contributed by atoms with van der Waals surface area (Å²) in [5.74, 6) is 1.64. The molecule has 2 aliphatic rings. The molecular formula is C23H30N6O2. The molecule has 0 radical (unpaired) electrons. The minimum atomic E-state index is -0.221. The first kappa shape index (κ1) is 21.2. The molecule has 0 unspecified atom stereocenters. The zero-order chi connectivity index (χ0) is 22.0. The lowest BCUT2D eigenvalue weighted by Gasteiger charge is -2.34. The molecule has 0 saturated carbocycles. The van der Waals surface area contributed by atoms with Gasteiger partial charge in [-0.15, -0.1) is 0 Å². The van der Waals surface area contributed by atoms with Crippen LogP contribution in [0.1, 0.15) is 37.8 Å². The highest BCUT2D eigenvalue weighted by atomic mass is 16.2. The molecule has 164 valence electrons. The van der Waals surface area contributed by atoms with Crippen LogP contribution in [0.25, 0.3) is 11.4 Å². The molecule has 0 N–H and O–H groups in total. The van der Waals surface area contributed by atoms with Crippen LogP contribution in [0.4, 0.5) is 5.82 Å². The van der Waals surface area contributed by atoms with Gasteiger partial charge in [0, 0.05) is 76.6 Å². The van der Waals surface area contributed by atoms with Gasteiger partial charge < -0.3 is 14.7 Å². The molecule has 4 rings (SSSR count). The van der Waals surface area contributed by atoms with Crippen LogP contribution in [0.3, 0.4) is 0 Å². The maximum atomic E-state index is 13.1. The molecule has 2 aromatic rings. The highest BCUT2D eigenvalue weighted by Crippen LogP contribution is 2.31. The number of piperidine rings is 1. The molecule has 2 aliphatic heterocycles. The maximum Gasteiger partial charge on any atom is 0.228 e. The van der Waals surface area contributed by atoms with Crippen LogP contribution in [0.2, 0.25) is 0 Å². The van der Waals surface area contributed by atoms with Gasteiger partial charge in [0.25, 0.3) is 0 Å². The second-order valence-corrected chi connectivity index (χ2v) is 8.56. The molecule has 2 saturated heterocycles. The third kappa shape index (κ3) is 4.52. The van der Waals surface area contributed by atoms with Crippen LogP contribution in [0.15, 0.2) is 30.6 Å². The van der Waals surface area contributed by atoms with Gasteiger partial charge in [-0.25, -0.2) is 9.97 Å². The van der Waals surface area contributed by atoms with E-state index in [1.807, 2.05) is 49.0 Å². The van der Waals surface area contributed by atoms with Gasteiger partial charge in [0.15, 0.2) is 5.82 Å². The Balaban J connectivity index is 1.56. The smallest absolute Gasteiger partial charge is 0.228 e. The van der Waals surface area contributed by atoms with Gasteiger partial charge in [0.05, 0.1) is 11.6 Å². The predicted octanol–water partition coefficient (Wildman–Crippen LogP) is 2.18. The van der Waals surface area contributed by atoms with E-state index in [2.05, 4.69) is 4.98 Å².